The number of halogens is 2. The van der Waals surface area contributed by atoms with E-state index in [0.29, 0.717) is 38.5 Å². The fraction of sp³-hybridized carbons (Fsp3) is 0.212. The Balaban J connectivity index is 1.80. The molecule has 5 aromatic rings. The summed E-state index contributed by atoms with van der Waals surface area (Å²) in [7, 11) is 3.04. The van der Waals surface area contributed by atoms with Crippen LogP contribution < -0.4 is 10.1 Å². The van der Waals surface area contributed by atoms with E-state index in [1.165, 1.54) is 7.11 Å². The predicted octanol–water partition coefficient (Wildman–Crippen LogP) is 8.02. The summed E-state index contributed by atoms with van der Waals surface area (Å²) in [6.45, 7) is 6.45. The lowest BCUT2D eigenvalue weighted by Crippen LogP contribution is -2.22. The second kappa shape index (κ2) is 12.9. The highest BCUT2D eigenvalue weighted by molar-refractivity contribution is 7.80. The fourth-order valence-electron chi connectivity index (χ4n) is 5.27. The third kappa shape index (κ3) is 6.06. The number of carbonyl (C=O) groups excluding carboxylic acids is 1. The van der Waals surface area contributed by atoms with Crippen LogP contribution in [0.15, 0.2) is 77.7 Å². The van der Waals surface area contributed by atoms with Gasteiger partial charge in [0.25, 0.3) is 5.91 Å². The van der Waals surface area contributed by atoms with Crippen LogP contribution in [0.1, 0.15) is 41.4 Å². The molecule has 0 saturated heterocycles. The van der Waals surface area contributed by atoms with Gasteiger partial charge in [0, 0.05) is 38.8 Å². The first-order chi connectivity index (χ1) is 20.7. The van der Waals surface area contributed by atoms with Gasteiger partial charge in [-0.15, -0.1) is 0 Å². The van der Waals surface area contributed by atoms with Gasteiger partial charge >= 0.3 is 0 Å². The van der Waals surface area contributed by atoms with Crippen molar-refractivity contribution < 1.29 is 17.9 Å². The normalized spacial score (nSPS) is 12.7. The predicted molar refractivity (Wildman–Crippen MR) is 174 cm³/mol. The van der Waals surface area contributed by atoms with E-state index in [1.54, 1.807) is 25.3 Å². The van der Waals surface area contributed by atoms with Gasteiger partial charge in [-0.25, -0.2) is 4.21 Å². The van der Waals surface area contributed by atoms with Crippen LogP contribution in [0.2, 0.25) is 10.0 Å². The molecule has 222 valence electrons. The maximum atomic E-state index is 13.3. The summed E-state index contributed by atoms with van der Waals surface area (Å²) in [6, 6.07) is 22.0. The molecule has 7 nitrogen and oxygen atoms in total. The van der Waals surface area contributed by atoms with E-state index in [1.807, 2.05) is 80.1 Å². The maximum absolute atomic E-state index is 13.3. The summed E-state index contributed by atoms with van der Waals surface area (Å²) in [4.78, 5) is 12.9. The number of nitrogens with zero attached hydrogens (tertiary/aromatic N) is 2. The zero-order chi connectivity index (χ0) is 30.8. The number of ether oxygens (including phenoxy) is 1. The summed E-state index contributed by atoms with van der Waals surface area (Å²) < 4.78 is 26.1. The molecule has 0 aliphatic rings. The first-order valence-corrected chi connectivity index (χ1v) is 15.5. The van der Waals surface area contributed by atoms with Crippen molar-refractivity contribution in [1.29, 1.82) is 0 Å². The average Bonchev–Trinajstić information content (AvgIpc) is 3.35. The molecule has 10 heteroatoms. The number of nitrogens with one attached hydrogen (secondary N) is 1. The van der Waals surface area contributed by atoms with Gasteiger partial charge in [0.2, 0.25) is 0 Å². The molecule has 0 spiro atoms. The Labute approximate surface area is 263 Å². The van der Waals surface area contributed by atoms with Crippen LogP contribution in [0.4, 0.5) is 0 Å². The van der Waals surface area contributed by atoms with E-state index in [2.05, 4.69) is 5.32 Å². The summed E-state index contributed by atoms with van der Waals surface area (Å²) in [5, 5.41) is 10.7. The number of amides is 1. The zero-order valence-corrected chi connectivity index (χ0v) is 26.7. The topological polar surface area (TPSA) is 82.5 Å². The molecule has 0 fully saturated rings. The van der Waals surface area contributed by atoms with Gasteiger partial charge in [0.15, 0.2) is 11.1 Å². The monoisotopic (exact) mass is 635 g/mol. The molecule has 2 atom stereocenters. The molecular formula is C33H31Cl2N3O4S. The average molecular weight is 637 g/mol. The Morgan fingerprint density at radius 2 is 1.70 bits per heavy atom. The van der Waals surface area contributed by atoms with Crippen LogP contribution >= 0.6 is 23.2 Å². The molecule has 2 unspecified atom stereocenters. The Morgan fingerprint density at radius 1 is 1.00 bits per heavy atom. The van der Waals surface area contributed by atoms with Gasteiger partial charge in [-0.05, 0) is 91.7 Å². The van der Waals surface area contributed by atoms with Crippen molar-refractivity contribution in [3.63, 3.8) is 0 Å². The number of hydrogen-bond donors (Lipinski definition) is 1. The van der Waals surface area contributed by atoms with Crippen molar-refractivity contribution >= 4 is 51.0 Å². The first kappa shape index (κ1) is 30.8. The lowest BCUT2D eigenvalue weighted by Gasteiger charge is -2.20. The minimum atomic E-state index is -1.75. The van der Waals surface area contributed by atoms with Crippen LogP contribution in [0, 0.1) is 6.92 Å². The summed E-state index contributed by atoms with van der Waals surface area (Å²) >= 11 is 11.1. The number of aromatic nitrogens is 2. The molecule has 0 saturated carbocycles. The van der Waals surface area contributed by atoms with Crippen LogP contribution in [0.5, 0.6) is 5.75 Å². The summed E-state index contributed by atoms with van der Waals surface area (Å²) in [6.07, 6.45) is 0. The lowest BCUT2D eigenvalue weighted by molar-refractivity contribution is 0.0955. The van der Waals surface area contributed by atoms with E-state index >= 15 is 0 Å². The molecule has 0 aliphatic carbocycles. The van der Waals surface area contributed by atoms with Crippen molar-refractivity contribution in [2.45, 2.75) is 31.7 Å². The van der Waals surface area contributed by atoms with Crippen LogP contribution in [0.3, 0.4) is 0 Å². The van der Waals surface area contributed by atoms with Gasteiger partial charge in [-0.3, -0.25) is 13.7 Å². The molecule has 43 heavy (non-hydrogen) atoms. The smallest absolute Gasteiger partial charge is 0.251 e. The van der Waals surface area contributed by atoms with E-state index in [4.69, 9.17) is 37.2 Å². The Hall–Kier alpha value is -3.69. The summed E-state index contributed by atoms with van der Waals surface area (Å²) in [5.41, 5.74) is 5.29. The van der Waals surface area contributed by atoms with Gasteiger partial charge in [-0.1, -0.05) is 41.4 Å². The van der Waals surface area contributed by atoms with Gasteiger partial charge in [0.05, 0.1) is 36.5 Å². The molecule has 4 aromatic carbocycles. The van der Waals surface area contributed by atoms with Gasteiger partial charge < -0.3 is 10.1 Å². The zero-order valence-electron chi connectivity index (χ0n) is 24.4. The molecule has 1 N–H and O–H groups in total. The Bertz CT molecular complexity index is 1830. The number of carbonyl (C=O) groups is 1. The van der Waals surface area contributed by atoms with Crippen molar-refractivity contribution in [1.82, 2.24) is 15.1 Å². The molecule has 0 bridgehead atoms. The van der Waals surface area contributed by atoms with Crippen molar-refractivity contribution in [3.05, 3.63) is 99.5 Å². The quantitative estimate of drug-likeness (QED) is 0.177. The standard InChI is InChI=1S/C33H31Cl2N3O4S/c1-6-36-33(39)22-9-7-21(8-10-22)20(3)38-32(19(2)31(37-38)24-15-25(34)18-26(35)16-24)30-28-13-12-27(41-4)17-23(28)11-14-29(30)43(40)42-5/h7-18,20H,6H2,1-5H3,(H,36,39). The van der Waals surface area contributed by atoms with Crippen molar-refractivity contribution in [2.75, 3.05) is 20.8 Å². The van der Waals surface area contributed by atoms with Crippen LogP contribution in [0.25, 0.3) is 33.3 Å². The van der Waals surface area contributed by atoms with E-state index in [-0.39, 0.29) is 11.9 Å². The Morgan fingerprint density at radius 3 is 2.33 bits per heavy atom. The largest absolute Gasteiger partial charge is 0.497 e. The Kier molecular flexibility index (Phi) is 9.22. The van der Waals surface area contributed by atoms with Crippen LogP contribution in [-0.4, -0.2) is 40.7 Å². The minimum Gasteiger partial charge on any atom is -0.497 e. The number of rotatable bonds is 9. The third-order valence-corrected chi connectivity index (χ3v) is 8.84. The highest BCUT2D eigenvalue weighted by Crippen LogP contribution is 2.42. The molecule has 1 heterocycles. The molecular weight excluding hydrogens is 605 g/mol. The molecule has 0 radical (unpaired) electrons. The first-order valence-electron chi connectivity index (χ1n) is 13.7. The number of benzene rings is 4. The maximum Gasteiger partial charge on any atom is 0.251 e. The number of methoxy groups -OCH3 is 1. The molecule has 1 aromatic heterocycles. The SMILES string of the molecule is CCNC(=O)c1ccc(C(C)n2nc(-c3cc(Cl)cc(Cl)c3)c(C)c2-c2c(S(=O)OC)ccc3cc(OC)ccc23)cc1. The molecule has 0 aliphatic heterocycles. The highest BCUT2D eigenvalue weighted by atomic mass is 35.5. The van der Waals surface area contributed by atoms with Crippen molar-refractivity contribution in [3.8, 4) is 28.3 Å². The number of hydrogen-bond acceptors (Lipinski definition) is 5. The van der Waals surface area contributed by atoms with E-state index in [9.17, 15) is 9.00 Å². The van der Waals surface area contributed by atoms with Gasteiger partial charge in [0.1, 0.15) is 5.75 Å². The van der Waals surface area contributed by atoms with Crippen LogP contribution in [-0.2, 0) is 15.3 Å². The fourth-order valence-corrected chi connectivity index (χ4v) is 6.53. The molecule has 1 amide bonds. The molecule has 5 rings (SSSR count). The van der Waals surface area contributed by atoms with E-state index < -0.39 is 11.1 Å². The van der Waals surface area contributed by atoms with Crippen molar-refractivity contribution in [2.24, 2.45) is 0 Å². The minimum absolute atomic E-state index is 0.129. The number of fused-ring (bicyclic) bond motifs is 1. The second-order valence-electron chi connectivity index (χ2n) is 10.0. The van der Waals surface area contributed by atoms with E-state index in [0.717, 1.165) is 38.7 Å². The second-order valence-corrected chi connectivity index (χ2v) is 12.1. The summed E-state index contributed by atoms with van der Waals surface area (Å²) in [5.74, 6) is 0.578. The highest BCUT2D eigenvalue weighted by Gasteiger charge is 2.27. The lowest BCUT2D eigenvalue weighted by atomic mass is 9.96. The third-order valence-electron chi connectivity index (χ3n) is 7.40. The van der Waals surface area contributed by atoms with Gasteiger partial charge in [-0.2, -0.15) is 5.10 Å².